The first kappa shape index (κ1) is 21.1. The fourth-order valence-electron chi connectivity index (χ4n) is 3.59. The molecule has 3 aromatic carbocycles. The van der Waals surface area contributed by atoms with E-state index in [1.54, 1.807) is 12.1 Å². The highest BCUT2D eigenvalue weighted by molar-refractivity contribution is 6.22. The average molecular weight is 429 g/mol. The Morgan fingerprint density at radius 3 is 2.41 bits per heavy atom. The van der Waals surface area contributed by atoms with Gasteiger partial charge in [-0.3, -0.25) is 0 Å². The number of nitrogens with one attached hydrogen (secondary N) is 1. The second-order valence-corrected chi connectivity index (χ2v) is 7.65. The van der Waals surface area contributed by atoms with Crippen molar-refractivity contribution in [3.05, 3.63) is 89.5 Å². The summed E-state index contributed by atoms with van der Waals surface area (Å²) in [4.78, 5) is 20.9. The lowest BCUT2D eigenvalue weighted by Crippen LogP contribution is -2.10. The van der Waals surface area contributed by atoms with Crippen molar-refractivity contribution in [2.24, 2.45) is 4.99 Å². The highest BCUT2D eigenvalue weighted by Gasteiger charge is 2.19. The number of nitrogens with zero attached hydrogens (tertiary/aromatic N) is 2. The van der Waals surface area contributed by atoms with Crippen LogP contribution in [0.25, 0.3) is 10.9 Å². The third-order valence-corrected chi connectivity index (χ3v) is 4.92. The molecule has 0 amide bonds. The molecular formula is C25H23N3O4. The van der Waals surface area contributed by atoms with Crippen LogP contribution < -0.4 is 4.74 Å². The number of aliphatic imine (C=N–C) groups is 1. The Bertz CT molecular complexity index is 1280. The lowest BCUT2D eigenvalue weighted by Gasteiger charge is -2.10. The summed E-state index contributed by atoms with van der Waals surface area (Å²) in [7, 11) is 4.03. The minimum absolute atomic E-state index is 0.0562. The Balaban J connectivity index is 1.86. The Labute approximate surface area is 185 Å². The van der Waals surface area contributed by atoms with Gasteiger partial charge in [0.25, 0.3) is 0 Å². The zero-order valence-corrected chi connectivity index (χ0v) is 17.7. The first-order valence-electron chi connectivity index (χ1n) is 10.0. The molecule has 4 rings (SSSR count). The lowest BCUT2D eigenvalue weighted by atomic mass is 10.0. The number of rotatable bonds is 6. The second kappa shape index (κ2) is 8.95. The van der Waals surface area contributed by atoms with Crippen molar-refractivity contribution in [1.82, 2.24) is 9.88 Å². The minimum atomic E-state index is -1.40. The van der Waals surface area contributed by atoms with Crippen LogP contribution in [0.5, 0.6) is 11.6 Å². The molecule has 4 aromatic rings. The van der Waals surface area contributed by atoms with Crippen molar-refractivity contribution in [3.8, 4) is 11.6 Å². The van der Waals surface area contributed by atoms with Gasteiger partial charge in [0.2, 0.25) is 0 Å². The first-order chi connectivity index (χ1) is 15.4. The lowest BCUT2D eigenvalue weighted by molar-refractivity contribution is 0.144. The topological polar surface area (TPSA) is 98.1 Å². The molecule has 7 nitrogen and oxygen atoms in total. The van der Waals surface area contributed by atoms with Gasteiger partial charge in [-0.2, -0.15) is 0 Å². The molecular weight excluding hydrogens is 406 g/mol. The predicted molar refractivity (Wildman–Crippen MR) is 124 cm³/mol. The van der Waals surface area contributed by atoms with E-state index in [0.717, 1.165) is 17.8 Å². The van der Waals surface area contributed by atoms with E-state index in [9.17, 15) is 9.90 Å². The highest BCUT2D eigenvalue weighted by Crippen LogP contribution is 2.33. The molecule has 1 aromatic heterocycles. The van der Waals surface area contributed by atoms with Crippen LogP contribution in [0.1, 0.15) is 16.7 Å². The van der Waals surface area contributed by atoms with Gasteiger partial charge >= 0.3 is 6.16 Å². The van der Waals surface area contributed by atoms with Crippen LogP contribution in [0.3, 0.4) is 0 Å². The molecule has 0 bridgehead atoms. The third kappa shape index (κ3) is 4.63. The zero-order chi connectivity index (χ0) is 22.7. The van der Waals surface area contributed by atoms with Gasteiger partial charge in [0, 0.05) is 23.0 Å². The van der Waals surface area contributed by atoms with Crippen molar-refractivity contribution >= 4 is 28.5 Å². The Kier molecular flexibility index (Phi) is 5.91. The maximum atomic E-state index is 11.0. The fraction of sp³-hybridized carbons (Fsp3) is 0.120. The van der Waals surface area contributed by atoms with Gasteiger partial charge in [0.15, 0.2) is 5.88 Å². The number of H-pyrrole nitrogens is 1. The van der Waals surface area contributed by atoms with E-state index in [-0.39, 0.29) is 11.6 Å². The summed E-state index contributed by atoms with van der Waals surface area (Å²) in [5.74, 6) is 0.102. The molecule has 0 spiro atoms. The quantitative estimate of drug-likeness (QED) is 0.223. The van der Waals surface area contributed by atoms with E-state index >= 15 is 0 Å². The monoisotopic (exact) mass is 429 g/mol. The first-order valence-corrected chi connectivity index (χ1v) is 10.0. The van der Waals surface area contributed by atoms with Crippen LogP contribution in [0.15, 0.2) is 77.8 Å². The van der Waals surface area contributed by atoms with Crippen LogP contribution >= 0.6 is 0 Å². The summed E-state index contributed by atoms with van der Waals surface area (Å²) in [5, 5.41) is 20.3. The Morgan fingerprint density at radius 1 is 1.03 bits per heavy atom. The molecule has 3 N–H and O–H groups in total. The van der Waals surface area contributed by atoms with Gasteiger partial charge in [-0.1, -0.05) is 42.5 Å². The molecule has 0 saturated carbocycles. The van der Waals surface area contributed by atoms with Gasteiger partial charge in [-0.15, -0.1) is 0 Å². The molecule has 0 fully saturated rings. The van der Waals surface area contributed by atoms with Gasteiger partial charge in [0.1, 0.15) is 5.75 Å². The number of hydrogen-bond acceptors (Lipinski definition) is 5. The standard InChI is InChI=1S/C25H23N3O4/c1-28(2)15-16-8-10-18(11-9-16)26-23(17-6-4-3-5-7-17)22-20-14-19(32-25(30)31)12-13-21(20)27-24(22)29/h3-14,27,29H,15H2,1-2H3,(H,30,31). The molecule has 0 aliphatic carbocycles. The molecule has 0 aliphatic rings. The highest BCUT2D eigenvalue weighted by atomic mass is 16.7. The summed E-state index contributed by atoms with van der Waals surface area (Å²) in [6.45, 7) is 0.825. The molecule has 1 heterocycles. The van der Waals surface area contributed by atoms with Crippen molar-refractivity contribution in [2.45, 2.75) is 6.54 Å². The fourth-order valence-corrected chi connectivity index (χ4v) is 3.59. The van der Waals surface area contributed by atoms with E-state index in [2.05, 4.69) is 9.88 Å². The predicted octanol–water partition coefficient (Wildman–Crippen LogP) is 5.16. The molecule has 0 unspecified atom stereocenters. The maximum Gasteiger partial charge on any atom is 0.511 e. The normalized spacial score (nSPS) is 11.8. The minimum Gasteiger partial charge on any atom is -0.494 e. The number of benzene rings is 3. The summed E-state index contributed by atoms with van der Waals surface area (Å²) in [6, 6.07) is 22.2. The number of aromatic hydroxyl groups is 1. The van der Waals surface area contributed by atoms with Crippen LogP contribution in [-0.4, -0.2) is 46.1 Å². The molecule has 0 radical (unpaired) electrons. The number of hydrogen-bond donors (Lipinski definition) is 3. The van der Waals surface area contributed by atoms with Gasteiger partial charge in [-0.05, 0) is 50.0 Å². The average Bonchev–Trinajstić information content (AvgIpc) is 3.08. The molecule has 0 saturated heterocycles. The van der Waals surface area contributed by atoms with Crippen molar-refractivity contribution < 1.29 is 19.7 Å². The molecule has 7 heteroatoms. The Morgan fingerprint density at radius 2 is 1.75 bits per heavy atom. The van der Waals surface area contributed by atoms with Gasteiger partial charge in [0.05, 0.1) is 17.0 Å². The van der Waals surface area contributed by atoms with E-state index in [0.29, 0.717) is 22.2 Å². The van der Waals surface area contributed by atoms with Crippen LogP contribution in [0.4, 0.5) is 10.5 Å². The number of carboxylic acid groups (broad SMARTS) is 1. The van der Waals surface area contributed by atoms with E-state index in [4.69, 9.17) is 14.8 Å². The molecule has 32 heavy (non-hydrogen) atoms. The zero-order valence-electron chi connectivity index (χ0n) is 17.7. The summed E-state index contributed by atoms with van der Waals surface area (Å²) in [6.07, 6.45) is -1.40. The van der Waals surface area contributed by atoms with Gasteiger partial charge in [-0.25, -0.2) is 9.79 Å². The largest absolute Gasteiger partial charge is 0.511 e. The number of fused-ring (bicyclic) bond motifs is 1. The maximum absolute atomic E-state index is 11.0. The third-order valence-electron chi connectivity index (χ3n) is 4.92. The van der Waals surface area contributed by atoms with Crippen molar-refractivity contribution in [3.63, 3.8) is 0 Å². The number of carbonyl (C=O) groups is 1. The summed E-state index contributed by atoms with van der Waals surface area (Å²) in [5.41, 5.74) is 4.38. The van der Waals surface area contributed by atoms with E-state index in [1.165, 1.54) is 11.6 Å². The van der Waals surface area contributed by atoms with Crippen LogP contribution in [0.2, 0.25) is 0 Å². The molecule has 162 valence electrons. The molecule has 0 atom stereocenters. The second-order valence-electron chi connectivity index (χ2n) is 7.65. The number of ether oxygens (including phenoxy) is 1. The van der Waals surface area contributed by atoms with Crippen molar-refractivity contribution in [2.75, 3.05) is 14.1 Å². The van der Waals surface area contributed by atoms with E-state index < -0.39 is 6.16 Å². The number of aromatic amines is 1. The number of aromatic nitrogens is 1. The van der Waals surface area contributed by atoms with Crippen LogP contribution in [-0.2, 0) is 6.54 Å². The SMILES string of the molecule is CN(C)Cc1ccc(N=C(c2ccccc2)c2c(O)[nH]c3ccc(OC(=O)O)cc23)cc1. The van der Waals surface area contributed by atoms with Crippen molar-refractivity contribution in [1.29, 1.82) is 0 Å². The molecule has 0 aliphatic heterocycles. The van der Waals surface area contributed by atoms with E-state index in [1.807, 2.05) is 68.7 Å². The smallest absolute Gasteiger partial charge is 0.494 e. The van der Waals surface area contributed by atoms with Gasteiger partial charge < -0.3 is 24.8 Å². The Hall–Kier alpha value is -4.10. The summed E-state index contributed by atoms with van der Waals surface area (Å²) >= 11 is 0. The van der Waals surface area contributed by atoms with Crippen LogP contribution in [0, 0.1) is 0 Å². The summed E-state index contributed by atoms with van der Waals surface area (Å²) < 4.78 is 4.81.